The number of hydrogen-bond acceptors (Lipinski definition) is 4. The number of aryl methyl sites for hydroxylation is 2. The molecule has 144 valence electrons. The molecule has 1 unspecified atom stereocenters. The van der Waals surface area contributed by atoms with Gasteiger partial charge in [-0.25, -0.2) is 9.67 Å². The highest BCUT2D eigenvalue weighted by Gasteiger charge is 2.26. The summed E-state index contributed by atoms with van der Waals surface area (Å²) in [6, 6.07) is 6.99. The van der Waals surface area contributed by atoms with Crippen molar-refractivity contribution in [2.45, 2.75) is 33.2 Å². The molecule has 27 heavy (non-hydrogen) atoms. The fraction of sp³-hybridized carbons (Fsp3) is 0.500. The summed E-state index contributed by atoms with van der Waals surface area (Å²) in [7, 11) is 3.42. The van der Waals surface area contributed by atoms with Crippen molar-refractivity contribution in [3.05, 3.63) is 47.0 Å². The van der Waals surface area contributed by atoms with Crippen LogP contribution in [0, 0.1) is 19.8 Å². The van der Waals surface area contributed by atoms with E-state index in [0.29, 0.717) is 23.6 Å². The number of carbonyl (C=O) groups excluding carboxylic acids is 2. The standard InChI is InChI=1S/C20H27N5O2/c1-14-21-15(2)25(22-14)13-16-7-6-10-24(12-16)20(27)18-9-5-8-17(11-18)19(26)23(3)4/h5,8-9,11,16H,6-7,10,12-13H2,1-4H3. The Bertz CT molecular complexity index is 843. The molecule has 7 nitrogen and oxygen atoms in total. The van der Waals surface area contributed by atoms with Gasteiger partial charge in [-0.3, -0.25) is 9.59 Å². The molecule has 1 saturated heterocycles. The Balaban J connectivity index is 1.70. The van der Waals surface area contributed by atoms with E-state index in [2.05, 4.69) is 10.1 Å². The van der Waals surface area contributed by atoms with Crippen LogP contribution in [0.2, 0.25) is 0 Å². The number of carbonyl (C=O) groups is 2. The van der Waals surface area contributed by atoms with Gasteiger partial charge in [0.25, 0.3) is 11.8 Å². The molecule has 0 N–H and O–H groups in total. The molecular formula is C20H27N5O2. The van der Waals surface area contributed by atoms with Gasteiger partial charge in [-0.2, -0.15) is 5.10 Å². The van der Waals surface area contributed by atoms with Gasteiger partial charge in [0.15, 0.2) is 0 Å². The van der Waals surface area contributed by atoms with Crippen molar-refractivity contribution < 1.29 is 9.59 Å². The Kier molecular flexibility index (Phi) is 5.58. The zero-order chi connectivity index (χ0) is 19.6. The predicted molar refractivity (Wildman–Crippen MR) is 103 cm³/mol. The lowest BCUT2D eigenvalue weighted by Gasteiger charge is -2.33. The van der Waals surface area contributed by atoms with Gasteiger partial charge in [0.05, 0.1) is 0 Å². The molecule has 3 rings (SSSR count). The van der Waals surface area contributed by atoms with Gasteiger partial charge < -0.3 is 9.80 Å². The van der Waals surface area contributed by atoms with Crippen molar-refractivity contribution in [2.24, 2.45) is 5.92 Å². The van der Waals surface area contributed by atoms with Crippen molar-refractivity contribution in [1.82, 2.24) is 24.6 Å². The predicted octanol–water partition coefficient (Wildman–Crippen LogP) is 2.15. The van der Waals surface area contributed by atoms with Gasteiger partial charge >= 0.3 is 0 Å². The first kappa shape index (κ1) is 19.1. The number of amides is 2. The number of hydrogen-bond donors (Lipinski definition) is 0. The first-order valence-electron chi connectivity index (χ1n) is 9.34. The number of benzene rings is 1. The van der Waals surface area contributed by atoms with Crippen LogP contribution in [-0.4, -0.2) is 63.6 Å². The van der Waals surface area contributed by atoms with E-state index in [0.717, 1.165) is 37.6 Å². The van der Waals surface area contributed by atoms with Crippen LogP contribution in [0.1, 0.15) is 45.2 Å². The Morgan fingerprint density at radius 2 is 1.96 bits per heavy atom. The molecule has 0 spiro atoms. The van der Waals surface area contributed by atoms with Gasteiger partial charge in [-0.05, 0) is 50.8 Å². The molecule has 1 aliphatic heterocycles. The first-order valence-corrected chi connectivity index (χ1v) is 9.34. The molecule has 1 fully saturated rings. The minimum absolute atomic E-state index is 0.0143. The second-order valence-electron chi connectivity index (χ2n) is 7.43. The highest BCUT2D eigenvalue weighted by molar-refractivity contribution is 5.99. The number of piperidine rings is 1. The second-order valence-corrected chi connectivity index (χ2v) is 7.43. The maximum atomic E-state index is 13.0. The Labute approximate surface area is 160 Å². The summed E-state index contributed by atoms with van der Waals surface area (Å²) >= 11 is 0. The minimum atomic E-state index is -0.0989. The van der Waals surface area contributed by atoms with Crippen LogP contribution >= 0.6 is 0 Å². The second kappa shape index (κ2) is 7.90. The smallest absolute Gasteiger partial charge is 0.253 e. The van der Waals surface area contributed by atoms with Crippen LogP contribution < -0.4 is 0 Å². The third-order valence-corrected chi connectivity index (χ3v) is 4.96. The molecule has 1 aromatic heterocycles. The average Bonchev–Trinajstić information content (AvgIpc) is 2.97. The fourth-order valence-corrected chi connectivity index (χ4v) is 3.60. The van der Waals surface area contributed by atoms with E-state index in [9.17, 15) is 9.59 Å². The third kappa shape index (κ3) is 4.35. The highest BCUT2D eigenvalue weighted by Crippen LogP contribution is 2.21. The van der Waals surface area contributed by atoms with E-state index in [1.165, 1.54) is 4.90 Å². The first-order chi connectivity index (χ1) is 12.8. The minimum Gasteiger partial charge on any atom is -0.345 e. The molecule has 0 aliphatic carbocycles. The summed E-state index contributed by atoms with van der Waals surface area (Å²) in [5.74, 6) is 1.93. The van der Waals surface area contributed by atoms with E-state index in [-0.39, 0.29) is 11.8 Å². The van der Waals surface area contributed by atoms with E-state index in [1.807, 2.05) is 23.4 Å². The van der Waals surface area contributed by atoms with Crippen LogP contribution in [0.5, 0.6) is 0 Å². The zero-order valence-electron chi connectivity index (χ0n) is 16.5. The van der Waals surface area contributed by atoms with Gasteiger partial charge in [-0.1, -0.05) is 6.07 Å². The van der Waals surface area contributed by atoms with Crippen LogP contribution in [0.3, 0.4) is 0 Å². The normalized spacial score (nSPS) is 17.0. The van der Waals surface area contributed by atoms with Crippen molar-refractivity contribution in [1.29, 1.82) is 0 Å². The van der Waals surface area contributed by atoms with Crippen molar-refractivity contribution in [2.75, 3.05) is 27.2 Å². The SMILES string of the molecule is Cc1nc(C)n(CC2CCCN(C(=O)c3cccc(C(=O)N(C)C)c3)C2)n1. The van der Waals surface area contributed by atoms with Gasteiger partial charge in [0.2, 0.25) is 0 Å². The summed E-state index contributed by atoms with van der Waals surface area (Å²) in [5.41, 5.74) is 1.10. The van der Waals surface area contributed by atoms with E-state index in [1.54, 1.807) is 38.4 Å². The summed E-state index contributed by atoms with van der Waals surface area (Å²) in [4.78, 5) is 32.9. The van der Waals surface area contributed by atoms with Crippen LogP contribution in [0.15, 0.2) is 24.3 Å². The van der Waals surface area contributed by atoms with E-state index < -0.39 is 0 Å². The topological polar surface area (TPSA) is 71.3 Å². The maximum absolute atomic E-state index is 13.0. The fourth-order valence-electron chi connectivity index (χ4n) is 3.60. The lowest BCUT2D eigenvalue weighted by Crippen LogP contribution is -2.41. The Morgan fingerprint density at radius 1 is 1.22 bits per heavy atom. The summed E-state index contributed by atoms with van der Waals surface area (Å²) in [6.07, 6.45) is 2.04. The highest BCUT2D eigenvalue weighted by atomic mass is 16.2. The Hall–Kier alpha value is -2.70. The van der Waals surface area contributed by atoms with Crippen molar-refractivity contribution in [3.63, 3.8) is 0 Å². The lowest BCUT2D eigenvalue weighted by atomic mass is 9.97. The third-order valence-electron chi connectivity index (χ3n) is 4.96. The van der Waals surface area contributed by atoms with Crippen LogP contribution in [-0.2, 0) is 6.54 Å². The van der Waals surface area contributed by atoms with Gasteiger partial charge in [0.1, 0.15) is 11.6 Å². The largest absolute Gasteiger partial charge is 0.345 e. The number of rotatable bonds is 4. The van der Waals surface area contributed by atoms with Gasteiger partial charge in [0, 0.05) is 44.9 Å². The molecule has 0 saturated carbocycles. The Morgan fingerprint density at radius 3 is 2.63 bits per heavy atom. The summed E-state index contributed by atoms with van der Waals surface area (Å²) in [6.45, 7) is 6.07. The molecule has 1 atom stereocenters. The van der Waals surface area contributed by atoms with Crippen LogP contribution in [0.4, 0.5) is 0 Å². The lowest BCUT2D eigenvalue weighted by molar-refractivity contribution is 0.0659. The molecule has 0 radical (unpaired) electrons. The zero-order valence-corrected chi connectivity index (χ0v) is 16.5. The number of nitrogens with zero attached hydrogens (tertiary/aromatic N) is 5. The molecule has 1 aliphatic rings. The van der Waals surface area contributed by atoms with Crippen molar-refractivity contribution in [3.8, 4) is 0 Å². The quantitative estimate of drug-likeness (QED) is 0.828. The molecule has 1 aromatic carbocycles. The van der Waals surface area contributed by atoms with Gasteiger partial charge in [-0.15, -0.1) is 0 Å². The van der Waals surface area contributed by atoms with E-state index in [4.69, 9.17) is 0 Å². The molecule has 7 heteroatoms. The summed E-state index contributed by atoms with van der Waals surface area (Å²) in [5, 5.41) is 4.44. The molecule has 2 amide bonds. The maximum Gasteiger partial charge on any atom is 0.253 e. The molecule has 2 aromatic rings. The van der Waals surface area contributed by atoms with Crippen LogP contribution in [0.25, 0.3) is 0 Å². The average molecular weight is 369 g/mol. The van der Waals surface area contributed by atoms with E-state index >= 15 is 0 Å². The van der Waals surface area contributed by atoms with Crippen molar-refractivity contribution >= 4 is 11.8 Å². The monoisotopic (exact) mass is 369 g/mol. The molecule has 0 bridgehead atoms. The molecular weight excluding hydrogens is 342 g/mol. The summed E-state index contributed by atoms with van der Waals surface area (Å²) < 4.78 is 1.93. The number of likely N-dealkylation sites (tertiary alicyclic amines) is 1. The molecule has 2 heterocycles. The number of aromatic nitrogens is 3.